The van der Waals surface area contributed by atoms with E-state index in [0.29, 0.717) is 5.56 Å². The summed E-state index contributed by atoms with van der Waals surface area (Å²) in [5, 5.41) is 0. The molecule has 2 aromatic rings. The number of allylic oxidation sites excluding steroid dienone is 1. The quantitative estimate of drug-likeness (QED) is 0.597. The number of fused-ring (bicyclic) bond motifs is 2. The Kier molecular flexibility index (Phi) is 4.14. The Morgan fingerprint density at radius 1 is 1.21 bits per heavy atom. The van der Waals surface area contributed by atoms with Crippen molar-refractivity contribution in [2.45, 2.75) is 13.5 Å². The lowest BCUT2D eigenvalue weighted by molar-refractivity contribution is 0.104. The molecule has 2 nitrogen and oxygen atoms in total. The lowest BCUT2D eigenvalue weighted by atomic mass is 10.1. The molecule has 0 amide bonds. The maximum Gasteiger partial charge on any atom is 0.185 e. The second-order valence-corrected chi connectivity index (χ2v) is 4.37. The lowest BCUT2D eigenvalue weighted by Gasteiger charge is -1.94. The van der Waals surface area contributed by atoms with Crippen LogP contribution in [0.25, 0.3) is 0 Å². The van der Waals surface area contributed by atoms with E-state index in [0.717, 1.165) is 17.9 Å². The summed E-state index contributed by atoms with van der Waals surface area (Å²) < 4.78 is 5.18. The molecule has 1 aliphatic rings. The monoisotopic (exact) mass is 252 g/mol. The van der Waals surface area contributed by atoms with Crippen molar-refractivity contribution in [3.8, 4) is 5.75 Å². The van der Waals surface area contributed by atoms with Crippen LogP contribution in [-0.2, 0) is 6.61 Å². The first-order chi connectivity index (χ1) is 9.19. The summed E-state index contributed by atoms with van der Waals surface area (Å²) in [4.78, 5) is 11.0. The molecule has 19 heavy (non-hydrogen) atoms. The predicted octanol–water partition coefficient (Wildman–Crippen LogP) is 3.94. The zero-order chi connectivity index (χ0) is 13.7. The van der Waals surface area contributed by atoms with Gasteiger partial charge in [-0.05, 0) is 30.7 Å². The number of benzene rings is 2. The van der Waals surface area contributed by atoms with Crippen LogP contribution < -0.4 is 4.74 Å². The van der Waals surface area contributed by atoms with E-state index in [1.54, 1.807) is 12.1 Å². The van der Waals surface area contributed by atoms with Crippen LogP contribution in [0.1, 0.15) is 21.5 Å². The molecule has 0 N–H and O–H groups in total. The van der Waals surface area contributed by atoms with Crippen LogP contribution in [-0.4, -0.2) is 5.78 Å². The molecule has 0 saturated heterocycles. The average Bonchev–Trinajstić information content (AvgIpc) is 2.78. The van der Waals surface area contributed by atoms with Gasteiger partial charge in [0.05, 0.1) is 0 Å². The van der Waals surface area contributed by atoms with Crippen molar-refractivity contribution < 1.29 is 9.53 Å². The van der Waals surface area contributed by atoms with Crippen LogP contribution >= 0.6 is 0 Å². The smallest absolute Gasteiger partial charge is 0.185 e. The second-order valence-electron chi connectivity index (χ2n) is 4.37. The van der Waals surface area contributed by atoms with Crippen molar-refractivity contribution >= 4 is 5.78 Å². The van der Waals surface area contributed by atoms with Crippen LogP contribution in [0, 0.1) is 6.92 Å². The Morgan fingerprint density at radius 3 is 2.53 bits per heavy atom. The molecule has 2 bridgehead atoms. The zero-order valence-electron chi connectivity index (χ0n) is 10.9. The van der Waals surface area contributed by atoms with Gasteiger partial charge in [0.1, 0.15) is 12.4 Å². The summed E-state index contributed by atoms with van der Waals surface area (Å²) in [6.45, 7) is 6.16. The highest BCUT2D eigenvalue weighted by Crippen LogP contribution is 2.20. The number of rotatable bonds is 2. The minimum absolute atomic E-state index is 0.0231. The van der Waals surface area contributed by atoms with Crippen LogP contribution in [0.5, 0.6) is 5.75 Å². The number of carbonyl (C=O) groups excluding carboxylic acids is 1. The van der Waals surface area contributed by atoms with Gasteiger partial charge in [0.15, 0.2) is 5.78 Å². The first-order valence-electron chi connectivity index (χ1n) is 6.14. The fourth-order valence-corrected chi connectivity index (χ4v) is 1.73. The van der Waals surface area contributed by atoms with Crippen molar-refractivity contribution in [3.05, 3.63) is 77.9 Å². The third-order valence-electron chi connectivity index (χ3n) is 2.83. The second kappa shape index (κ2) is 6.01. The Labute approximate surface area is 113 Å². The van der Waals surface area contributed by atoms with Crippen molar-refractivity contribution in [3.63, 3.8) is 0 Å². The van der Waals surface area contributed by atoms with Crippen molar-refractivity contribution in [2.24, 2.45) is 0 Å². The van der Waals surface area contributed by atoms with Gasteiger partial charge in [-0.2, -0.15) is 0 Å². The van der Waals surface area contributed by atoms with Crippen molar-refractivity contribution in [1.82, 2.24) is 0 Å². The molecular formula is C17H16O2. The first-order valence-corrected chi connectivity index (χ1v) is 6.14. The zero-order valence-corrected chi connectivity index (χ0v) is 10.9. The van der Waals surface area contributed by atoms with Gasteiger partial charge in [-0.15, -0.1) is 0 Å². The average molecular weight is 252 g/mol. The molecule has 2 heteroatoms. The molecule has 0 aromatic heterocycles. The Hall–Kier alpha value is -2.35. The molecular weight excluding hydrogens is 236 g/mol. The highest BCUT2D eigenvalue weighted by atomic mass is 16.5. The Morgan fingerprint density at radius 2 is 1.95 bits per heavy atom. The Balaban J connectivity index is 0.000000146. The van der Waals surface area contributed by atoms with E-state index < -0.39 is 0 Å². The van der Waals surface area contributed by atoms with Crippen LogP contribution in [0.3, 0.4) is 0 Å². The summed E-state index contributed by atoms with van der Waals surface area (Å²) in [7, 11) is 0. The highest BCUT2D eigenvalue weighted by molar-refractivity contribution is 6.04. The van der Waals surface area contributed by atoms with E-state index in [1.807, 2.05) is 31.2 Å². The van der Waals surface area contributed by atoms with Gasteiger partial charge in [0.2, 0.25) is 0 Å². The van der Waals surface area contributed by atoms with Crippen LogP contribution in [0.15, 0.2) is 61.2 Å². The van der Waals surface area contributed by atoms with E-state index in [1.165, 1.54) is 11.6 Å². The molecule has 0 spiro atoms. The third kappa shape index (κ3) is 3.55. The normalized spacial score (nSPS) is 11.0. The molecule has 3 rings (SSSR count). The van der Waals surface area contributed by atoms with Gasteiger partial charge >= 0.3 is 0 Å². The molecule has 1 heterocycles. The number of hydrogen-bond donors (Lipinski definition) is 0. The number of ether oxygens (including phenoxy) is 1. The minimum Gasteiger partial charge on any atom is -0.489 e. The summed E-state index contributed by atoms with van der Waals surface area (Å²) in [5.41, 5.74) is 3.14. The van der Waals surface area contributed by atoms with Crippen LogP contribution in [0.4, 0.5) is 0 Å². The van der Waals surface area contributed by atoms with Gasteiger partial charge in [0, 0.05) is 5.56 Å². The molecule has 2 aromatic carbocycles. The fraction of sp³-hybridized carbons (Fsp3) is 0.118. The topological polar surface area (TPSA) is 26.3 Å². The molecule has 0 atom stereocenters. The molecule has 0 aliphatic carbocycles. The SMILES string of the molecule is C=CC(=O)c1ccc(C)cc1.c1cc2cc(c1)OC2. The van der Waals surface area contributed by atoms with Gasteiger partial charge in [-0.25, -0.2) is 0 Å². The van der Waals surface area contributed by atoms with Gasteiger partial charge < -0.3 is 4.74 Å². The fourth-order valence-electron chi connectivity index (χ4n) is 1.73. The summed E-state index contributed by atoms with van der Waals surface area (Å²) in [6.07, 6.45) is 1.32. The van der Waals surface area contributed by atoms with E-state index in [9.17, 15) is 4.79 Å². The minimum atomic E-state index is -0.0231. The maximum absolute atomic E-state index is 11.0. The van der Waals surface area contributed by atoms with Gasteiger partial charge in [0.25, 0.3) is 0 Å². The first kappa shape index (κ1) is 13.1. The molecule has 1 aliphatic heterocycles. The number of aryl methyl sites for hydroxylation is 1. The predicted molar refractivity (Wildman–Crippen MR) is 76.5 cm³/mol. The third-order valence-corrected chi connectivity index (χ3v) is 2.83. The van der Waals surface area contributed by atoms with E-state index in [-0.39, 0.29) is 5.78 Å². The molecule has 0 unspecified atom stereocenters. The van der Waals surface area contributed by atoms with Crippen LogP contribution in [0.2, 0.25) is 0 Å². The van der Waals surface area contributed by atoms with Crippen molar-refractivity contribution in [1.29, 1.82) is 0 Å². The number of hydrogen-bond acceptors (Lipinski definition) is 2. The summed E-state index contributed by atoms with van der Waals surface area (Å²) >= 11 is 0. The van der Waals surface area contributed by atoms with Gasteiger partial charge in [-0.3, -0.25) is 4.79 Å². The molecule has 0 saturated carbocycles. The number of ketones is 1. The molecule has 96 valence electrons. The van der Waals surface area contributed by atoms with Crippen molar-refractivity contribution in [2.75, 3.05) is 0 Å². The summed E-state index contributed by atoms with van der Waals surface area (Å²) in [5.74, 6) is 0.979. The van der Waals surface area contributed by atoms with E-state index in [4.69, 9.17) is 4.74 Å². The largest absolute Gasteiger partial charge is 0.489 e. The molecule has 0 fully saturated rings. The number of carbonyl (C=O) groups is 1. The van der Waals surface area contributed by atoms with E-state index in [2.05, 4.69) is 18.7 Å². The highest BCUT2D eigenvalue weighted by Gasteiger charge is 2.03. The van der Waals surface area contributed by atoms with E-state index >= 15 is 0 Å². The lowest BCUT2D eigenvalue weighted by Crippen LogP contribution is -1.92. The Bertz CT molecular complexity index is 563. The summed E-state index contributed by atoms with van der Waals surface area (Å²) in [6, 6.07) is 15.5. The molecule has 0 radical (unpaired) electrons. The van der Waals surface area contributed by atoms with Gasteiger partial charge in [-0.1, -0.05) is 48.5 Å². The standard InChI is InChI=1S/C10H10O.C7H6O/c1-3-10(11)9-6-4-8(2)5-7-9;1-2-6-4-7(3-1)8-5-6/h3-7H,1H2,2H3;1-4H,5H2. The maximum atomic E-state index is 11.0.